The van der Waals surface area contributed by atoms with Crippen LogP contribution in [0.1, 0.15) is 30.1 Å². The first-order valence-electron chi connectivity index (χ1n) is 8.85. The second-order valence-electron chi connectivity index (χ2n) is 6.11. The largest absolute Gasteiger partial charge is 0.493 e. The Morgan fingerprint density at radius 2 is 2.12 bits per heavy atom. The SMILES string of the molecule is CCOc1cc(C(=O)NC2CCCN(c3ncccn3)C2)ccc1OC. The molecular weight excluding hydrogens is 332 g/mol. The first-order chi connectivity index (χ1) is 12.7. The lowest BCUT2D eigenvalue weighted by Gasteiger charge is -2.33. The van der Waals surface area contributed by atoms with Crippen LogP contribution in [0, 0.1) is 0 Å². The molecule has 1 aliphatic heterocycles. The predicted molar refractivity (Wildman–Crippen MR) is 98.9 cm³/mol. The van der Waals surface area contributed by atoms with Crippen LogP contribution in [0.3, 0.4) is 0 Å². The number of rotatable bonds is 6. The molecule has 2 aromatic rings. The molecule has 0 saturated carbocycles. The molecule has 1 N–H and O–H groups in total. The van der Waals surface area contributed by atoms with Crippen LogP contribution in [-0.2, 0) is 0 Å². The normalized spacial score (nSPS) is 16.8. The lowest BCUT2D eigenvalue weighted by atomic mass is 10.1. The number of carbonyl (C=O) groups excluding carboxylic acids is 1. The number of anilines is 1. The minimum Gasteiger partial charge on any atom is -0.493 e. The fourth-order valence-electron chi connectivity index (χ4n) is 3.09. The fourth-order valence-corrected chi connectivity index (χ4v) is 3.09. The molecule has 1 atom stereocenters. The molecule has 138 valence electrons. The number of piperidine rings is 1. The second kappa shape index (κ2) is 8.51. The van der Waals surface area contributed by atoms with Crippen molar-refractivity contribution < 1.29 is 14.3 Å². The number of amides is 1. The first-order valence-corrected chi connectivity index (χ1v) is 8.85. The lowest BCUT2D eigenvalue weighted by Crippen LogP contribution is -2.48. The van der Waals surface area contributed by atoms with Gasteiger partial charge < -0.3 is 19.7 Å². The Morgan fingerprint density at radius 1 is 1.31 bits per heavy atom. The van der Waals surface area contributed by atoms with Gasteiger partial charge in [-0.2, -0.15) is 0 Å². The summed E-state index contributed by atoms with van der Waals surface area (Å²) >= 11 is 0. The third-order valence-electron chi connectivity index (χ3n) is 4.32. The Bertz CT molecular complexity index is 739. The number of ether oxygens (including phenoxy) is 2. The highest BCUT2D eigenvalue weighted by Crippen LogP contribution is 2.28. The van der Waals surface area contributed by atoms with E-state index in [-0.39, 0.29) is 11.9 Å². The maximum atomic E-state index is 12.7. The van der Waals surface area contributed by atoms with Crippen LogP contribution in [0.2, 0.25) is 0 Å². The molecule has 1 fully saturated rings. The van der Waals surface area contributed by atoms with Gasteiger partial charge in [0.05, 0.1) is 13.7 Å². The third-order valence-corrected chi connectivity index (χ3v) is 4.32. The Morgan fingerprint density at radius 3 is 2.85 bits per heavy atom. The van der Waals surface area contributed by atoms with E-state index in [2.05, 4.69) is 20.2 Å². The van der Waals surface area contributed by atoms with Gasteiger partial charge in [-0.3, -0.25) is 4.79 Å². The zero-order valence-electron chi connectivity index (χ0n) is 15.1. The number of nitrogens with one attached hydrogen (secondary N) is 1. The molecule has 26 heavy (non-hydrogen) atoms. The Balaban J connectivity index is 1.66. The van der Waals surface area contributed by atoms with Gasteiger partial charge >= 0.3 is 0 Å². The van der Waals surface area contributed by atoms with Crippen LogP contribution in [0.5, 0.6) is 11.5 Å². The van der Waals surface area contributed by atoms with Crippen molar-refractivity contribution in [1.82, 2.24) is 15.3 Å². The van der Waals surface area contributed by atoms with Gasteiger partial charge in [-0.15, -0.1) is 0 Å². The number of hydrogen-bond donors (Lipinski definition) is 1. The fraction of sp³-hybridized carbons (Fsp3) is 0.421. The van der Waals surface area contributed by atoms with Crippen molar-refractivity contribution in [3.8, 4) is 11.5 Å². The number of aromatic nitrogens is 2. The van der Waals surface area contributed by atoms with Crippen molar-refractivity contribution in [2.75, 3.05) is 31.7 Å². The summed E-state index contributed by atoms with van der Waals surface area (Å²) in [5.74, 6) is 1.78. The Labute approximate surface area is 153 Å². The van der Waals surface area contributed by atoms with E-state index in [0.717, 1.165) is 19.4 Å². The third kappa shape index (κ3) is 4.22. The average molecular weight is 356 g/mol. The molecule has 1 aromatic carbocycles. The molecule has 3 rings (SSSR count). The van der Waals surface area contributed by atoms with E-state index in [0.29, 0.717) is 36.2 Å². The zero-order chi connectivity index (χ0) is 18.4. The summed E-state index contributed by atoms with van der Waals surface area (Å²) in [5, 5.41) is 3.11. The van der Waals surface area contributed by atoms with E-state index < -0.39 is 0 Å². The number of carbonyl (C=O) groups is 1. The van der Waals surface area contributed by atoms with E-state index in [4.69, 9.17) is 9.47 Å². The second-order valence-corrected chi connectivity index (χ2v) is 6.11. The molecule has 7 nitrogen and oxygen atoms in total. The monoisotopic (exact) mass is 356 g/mol. The molecule has 0 aliphatic carbocycles. The van der Waals surface area contributed by atoms with Crippen molar-refractivity contribution >= 4 is 11.9 Å². The molecule has 1 aromatic heterocycles. The molecule has 7 heteroatoms. The molecule has 1 aliphatic rings. The van der Waals surface area contributed by atoms with Crippen LogP contribution in [0.4, 0.5) is 5.95 Å². The quantitative estimate of drug-likeness (QED) is 0.856. The van der Waals surface area contributed by atoms with Gasteiger partial charge in [0.2, 0.25) is 5.95 Å². The van der Waals surface area contributed by atoms with Gasteiger partial charge in [0.1, 0.15) is 0 Å². The summed E-state index contributed by atoms with van der Waals surface area (Å²) in [6.45, 7) is 4.00. The maximum Gasteiger partial charge on any atom is 0.251 e. The average Bonchev–Trinajstić information content (AvgIpc) is 2.69. The molecule has 1 unspecified atom stereocenters. The van der Waals surface area contributed by atoms with Gasteiger partial charge in [-0.1, -0.05) is 0 Å². The summed E-state index contributed by atoms with van der Waals surface area (Å²) in [7, 11) is 1.58. The maximum absolute atomic E-state index is 12.7. The van der Waals surface area contributed by atoms with Crippen molar-refractivity contribution in [2.45, 2.75) is 25.8 Å². The summed E-state index contributed by atoms with van der Waals surface area (Å²) < 4.78 is 10.8. The number of methoxy groups -OCH3 is 1. The molecule has 2 heterocycles. The van der Waals surface area contributed by atoms with E-state index in [1.807, 2.05) is 6.92 Å². The highest BCUT2D eigenvalue weighted by molar-refractivity contribution is 5.95. The minimum atomic E-state index is -0.116. The Hall–Kier alpha value is -2.83. The van der Waals surface area contributed by atoms with E-state index in [1.165, 1.54) is 0 Å². The molecular formula is C19H24N4O3. The highest BCUT2D eigenvalue weighted by Gasteiger charge is 2.23. The standard InChI is InChI=1S/C19H24N4O3/c1-3-26-17-12-14(7-8-16(17)25-2)18(24)22-15-6-4-11-23(13-15)19-20-9-5-10-21-19/h5,7-10,12,15H,3-4,6,11,13H2,1-2H3,(H,22,24). The van der Waals surface area contributed by atoms with Crippen LogP contribution in [0.25, 0.3) is 0 Å². The van der Waals surface area contributed by atoms with Crippen LogP contribution in [0.15, 0.2) is 36.7 Å². The van der Waals surface area contributed by atoms with Gasteiger partial charge in [0.25, 0.3) is 5.91 Å². The smallest absolute Gasteiger partial charge is 0.251 e. The van der Waals surface area contributed by atoms with Crippen molar-refractivity contribution in [1.29, 1.82) is 0 Å². The van der Waals surface area contributed by atoms with Gasteiger partial charge in [-0.25, -0.2) is 9.97 Å². The van der Waals surface area contributed by atoms with E-state index in [9.17, 15) is 4.79 Å². The van der Waals surface area contributed by atoms with Crippen molar-refractivity contribution in [3.63, 3.8) is 0 Å². The summed E-state index contributed by atoms with van der Waals surface area (Å²) in [5.41, 5.74) is 0.558. The molecule has 0 spiro atoms. The van der Waals surface area contributed by atoms with Crippen molar-refractivity contribution in [3.05, 3.63) is 42.2 Å². The van der Waals surface area contributed by atoms with Crippen molar-refractivity contribution in [2.24, 2.45) is 0 Å². The molecule has 0 radical (unpaired) electrons. The number of benzene rings is 1. The van der Waals surface area contributed by atoms with E-state index >= 15 is 0 Å². The van der Waals surface area contributed by atoms with Crippen LogP contribution in [-0.4, -0.2) is 48.7 Å². The highest BCUT2D eigenvalue weighted by atomic mass is 16.5. The van der Waals surface area contributed by atoms with Gasteiger partial charge in [0.15, 0.2) is 11.5 Å². The Kier molecular flexibility index (Phi) is 5.88. The summed E-state index contributed by atoms with van der Waals surface area (Å²) in [6.07, 6.45) is 5.38. The topological polar surface area (TPSA) is 76.6 Å². The first kappa shape index (κ1) is 18.0. The predicted octanol–water partition coefficient (Wildman–Crippen LogP) is 2.28. The summed E-state index contributed by atoms with van der Waals surface area (Å²) in [6, 6.07) is 7.07. The lowest BCUT2D eigenvalue weighted by molar-refractivity contribution is 0.0932. The minimum absolute atomic E-state index is 0.0534. The van der Waals surface area contributed by atoms with Gasteiger partial charge in [-0.05, 0) is 44.0 Å². The zero-order valence-corrected chi connectivity index (χ0v) is 15.1. The van der Waals surface area contributed by atoms with Crippen LogP contribution >= 0.6 is 0 Å². The summed E-state index contributed by atoms with van der Waals surface area (Å²) in [4.78, 5) is 23.4. The van der Waals surface area contributed by atoms with Crippen LogP contribution < -0.4 is 19.7 Å². The molecule has 1 amide bonds. The van der Waals surface area contributed by atoms with Gasteiger partial charge in [0, 0.05) is 37.1 Å². The molecule has 0 bridgehead atoms. The van der Waals surface area contributed by atoms with E-state index in [1.54, 1.807) is 43.8 Å². The molecule has 1 saturated heterocycles. The number of hydrogen-bond acceptors (Lipinski definition) is 6. The number of nitrogens with zero attached hydrogens (tertiary/aromatic N) is 3.